The number of halogens is 5. The predicted molar refractivity (Wildman–Crippen MR) is 134 cm³/mol. The predicted octanol–water partition coefficient (Wildman–Crippen LogP) is 6.89. The number of benzene rings is 2. The smallest absolute Gasteiger partial charge is 0.416 e. The number of rotatable bonds is 5. The van der Waals surface area contributed by atoms with Crippen LogP contribution < -0.4 is 5.32 Å². The van der Waals surface area contributed by atoms with Crippen molar-refractivity contribution in [1.82, 2.24) is 15.0 Å². The number of nitrogens with one attached hydrogen (secondary N) is 2. The highest BCUT2D eigenvalue weighted by atomic mass is 19.4. The van der Waals surface area contributed by atoms with Crippen molar-refractivity contribution < 1.29 is 31.9 Å². The van der Waals surface area contributed by atoms with Crippen LogP contribution in [0.1, 0.15) is 31.2 Å². The molecular weight excluding hydrogens is 519 g/mol. The maximum absolute atomic E-state index is 14.4. The fraction of sp³-hybridized carbons (Fsp3) is 0.321. The lowest BCUT2D eigenvalue weighted by molar-refractivity contribution is -0.148. The Kier molecular flexibility index (Phi) is 6.04. The second-order valence-corrected chi connectivity index (χ2v) is 10.3. The normalized spacial score (nSPS) is 22.8. The minimum Gasteiger partial charge on any atom is -0.481 e. The summed E-state index contributed by atoms with van der Waals surface area (Å²) in [4.78, 5) is 24.0. The van der Waals surface area contributed by atoms with Crippen molar-refractivity contribution in [2.45, 2.75) is 37.9 Å². The van der Waals surface area contributed by atoms with Crippen molar-refractivity contribution in [1.29, 1.82) is 0 Å². The van der Waals surface area contributed by atoms with E-state index in [1.54, 1.807) is 6.07 Å². The largest absolute Gasteiger partial charge is 0.481 e. The van der Waals surface area contributed by atoms with Crippen LogP contribution in [0.3, 0.4) is 0 Å². The summed E-state index contributed by atoms with van der Waals surface area (Å²) in [5.74, 6) is -2.55. The molecule has 202 valence electrons. The van der Waals surface area contributed by atoms with E-state index in [1.807, 2.05) is 0 Å². The second-order valence-electron chi connectivity index (χ2n) is 10.3. The van der Waals surface area contributed by atoms with Crippen LogP contribution in [0.5, 0.6) is 0 Å². The maximum atomic E-state index is 14.4. The molecule has 0 aliphatic heterocycles. The number of carboxylic acids is 1. The lowest BCUT2D eigenvalue weighted by Gasteiger charge is -2.47. The van der Waals surface area contributed by atoms with E-state index in [0.29, 0.717) is 11.1 Å². The molecule has 39 heavy (non-hydrogen) atoms. The Morgan fingerprint density at radius 3 is 2.33 bits per heavy atom. The first kappa shape index (κ1) is 25.3. The first-order chi connectivity index (χ1) is 18.6. The summed E-state index contributed by atoms with van der Waals surface area (Å²) in [5.41, 5.74) is 0.172. The third-order valence-corrected chi connectivity index (χ3v) is 8.00. The van der Waals surface area contributed by atoms with Gasteiger partial charge < -0.3 is 15.4 Å². The Bertz CT molecular complexity index is 1560. The van der Waals surface area contributed by atoms with Crippen LogP contribution in [-0.2, 0) is 11.0 Å². The van der Waals surface area contributed by atoms with Crippen LogP contribution in [0.15, 0.2) is 48.7 Å². The lowest BCUT2D eigenvalue weighted by Crippen LogP contribution is -2.51. The van der Waals surface area contributed by atoms with E-state index in [1.165, 1.54) is 18.3 Å². The van der Waals surface area contributed by atoms with Gasteiger partial charge in [0.25, 0.3) is 0 Å². The molecule has 2 aromatic carbocycles. The Balaban J connectivity index is 1.46. The van der Waals surface area contributed by atoms with Gasteiger partial charge in [0.05, 0.1) is 22.7 Å². The number of anilines is 1. The van der Waals surface area contributed by atoms with Crippen LogP contribution in [0.25, 0.3) is 33.5 Å². The van der Waals surface area contributed by atoms with Crippen molar-refractivity contribution in [3.63, 3.8) is 0 Å². The number of hydrogen-bond acceptors (Lipinski definition) is 4. The number of alkyl halides is 3. The molecule has 7 rings (SSSR count). The van der Waals surface area contributed by atoms with Gasteiger partial charge in [0.15, 0.2) is 5.82 Å². The number of nitrogens with zero attached hydrogens (tertiary/aromatic N) is 2. The molecule has 0 spiro atoms. The van der Waals surface area contributed by atoms with Crippen molar-refractivity contribution in [3.05, 3.63) is 65.9 Å². The van der Waals surface area contributed by atoms with E-state index in [4.69, 9.17) is 0 Å². The van der Waals surface area contributed by atoms with E-state index in [-0.39, 0.29) is 40.1 Å². The summed E-state index contributed by atoms with van der Waals surface area (Å²) >= 11 is 0. The summed E-state index contributed by atoms with van der Waals surface area (Å²) in [7, 11) is 0. The molecule has 2 bridgehead atoms. The molecule has 3 aliphatic rings. The summed E-state index contributed by atoms with van der Waals surface area (Å²) in [6.07, 6.45) is 0.391. The van der Waals surface area contributed by atoms with E-state index in [0.717, 1.165) is 49.9 Å². The summed E-state index contributed by atoms with van der Waals surface area (Å²) in [6, 6.07) is 7.53. The Hall–Kier alpha value is -4.02. The Morgan fingerprint density at radius 1 is 0.974 bits per heavy atom. The number of carbonyl (C=O) groups is 1. The van der Waals surface area contributed by atoms with Gasteiger partial charge in [0, 0.05) is 40.9 Å². The zero-order valence-electron chi connectivity index (χ0n) is 20.4. The number of aliphatic carboxylic acids is 1. The molecule has 2 aromatic heterocycles. The molecule has 0 unspecified atom stereocenters. The zero-order chi connectivity index (χ0) is 27.5. The molecular formula is C28H23F5N4O2. The molecule has 2 heterocycles. The zero-order valence-corrected chi connectivity index (χ0v) is 20.4. The van der Waals surface area contributed by atoms with Gasteiger partial charge in [-0.3, -0.25) is 4.79 Å². The van der Waals surface area contributed by atoms with E-state index in [9.17, 15) is 31.9 Å². The quantitative estimate of drug-likeness (QED) is 0.239. The monoisotopic (exact) mass is 542 g/mol. The van der Waals surface area contributed by atoms with Gasteiger partial charge in [0.2, 0.25) is 0 Å². The lowest BCUT2D eigenvalue weighted by atomic mass is 9.61. The minimum absolute atomic E-state index is 0.0419. The van der Waals surface area contributed by atoms with Crippen LogP contribution in [0, 0.1) is 29.4 Å². The fourth-order valence-electron chi connectivity index (χ4n) is 6.14. The first-order valence-electron chi connectivity index (χ1n) is 12.6. The second kappa shape index (κ2) is 9.32. The first-order valence-corrected chi connectivity index (χ1v) is 12.6. The third kappa shape index (κ3) is 4.59. The van der Waals surface area contributed by atoms with Gasteiger partial charge in [-0.15, -0.1) is 0 Å². The standard InChI is InChI=1S/C28H23F5N4O2/c29-17-9-18-19(12-34-25(18)20(30)10-17)26-35-21(13-5-7-16(8-6-13)28(31,32)33)11-22(37-26)36-24-15-3-1-14(2-4-15)23(24)27(38)39/h5-12,14-15,23-24,34H,1-4H2,(H,38,39)(H,35,36,37)/t14?,15?,23-,24-/m0/s1. The minimum atomic E-state index is -4.51. The number of aromatic amines is 1. The van der Waals surface area contributed by atoms with E-state index >= 15 is 0 Å². The SMILES string of the molecule is O=C(O)[C@H]1C2CCC(CC2)[C@@H]1Nc1cc(-c2ccc(C(F)(F)F)cc2)nc(-c2c[nH]c3c(F)cc(F)cc23)n1. The molecule has 3 saturated carbocycles. The number of H-pyrrole nitrogens is 1. The van der Waals surface area contributed by atoms with E-state index in [2.05, 4.69) is 20.3 Å². The van der Waals surface area contributed by atoms with Gasteiger partial charge in [-0.05, 0) is 55.7 Å². The van der Waals surface area contributed by atoms with Gasteiger partial charge in [0.1, 0.15) is 17.5 Å². The molecule has 6 nitrogen and oxygen atoms in total. The van der Waals surface area contributed by atoms with E-state index < -0.39 is 41.3 Å². The average Bonchev–Trinajstić information content (AvgIpc) is 3.33. The van der Waals surface area contributed by atoms with Crippen molar-refractivity contribution in [3.8, 4) is 22.6 Å². The van der Waals surface area contributed by atoms with Gasteiger partial charge >= 0.3 is 12.1 Å². The molecule has 0 amide bonds. The third-order valence-electron chi connectivity index (χ3n) is 8.00. The highest BCUT2D eigenvalue weighted by Gasteiger charge is 2.47. The van der Waals surface area contributed by atoms with Gasteiger partial charge in [-0.2, -0.15) is 13.2 Å². The summed E-state index contributed by atoms with van der Waals surface area (Å²) in [6.45, 7) is 0. The fourth-order valence-corrected chi connectivity index (χ4v) is 6.14. The molecule has 11 heteroatoms. The maximum Gasteiger partial charge on any atom is 0.416 e. The van der Waals surface area contributed by atoms with Crippen LogP contribution in [0.4, 0.5) is 27.8 Å². The molecule has 0 radical (unpaired) electrons. The number of aromatic nitrogens is 3. The topological polar surface area (TPSA) is 90.9 Å². The van der Waals surface area contributed by atoms with Crippen molar-refractivity contribution in [2.75, 3.05) is 5.32 Å². The Labute approximate surface area is 219 Å². The average molecular weight is 543 g/mol. The van der Waals surface area contributed by atoms with Crippen LogP contribution in [0.2, 0.25) is 0 Å². The molecule has 3 N–H and O–H groups in total. The number of hydrogen-bond donors (Lipinski definition) is 3. The molecule has 2 atom stereocenters. The van der Waals surface area contributed by atoms with Gasteiger partial charge in [-0.1, -0.05) is 12.1 Å². The number of carboxylic acid groups (broad SMARTS) is 1. The summed E-state index contributed by atoms with van der Waals surface area (Å²) < 4.78 is 67.9. The van der Waals surface area contributed by atoms with Crippen LogP contribution >= 0.6 is 0 Å². The highest BCUT2D eigenvalue weighted by Crippen LogP contribution is 2.46. The molecule has 4 aromatic rings. The molecule has 3 aliphatic carbocycles. The number of fused-ring (bicyclic) bond motifs is 4. The molecule has 0 saturated heterocycles. The van der Waals surface area contributed by atoms with Crippen molar-refractivity contribution >= 4 is 22.7 Å². The highest BCUT2D eigenvalue weighted by molar-refractivity contribution is 5.94. The van der Waals surface area contributed by atoms with Crippen LogP contribution in [-0.4, -0.2) is 32.1 Å². The van der Waals surface area contributed by atoms with Gasteiger partial charge in [-0.25, -0.2) is 18.7 Å². The Morgan fingerprint density at radius 2 is 1.67 bits per heavy atom. The van der Waals surface area contributed by atoms with Crippen molar-refractivity contribution in [2.24, 2.45) is 17.8 Å². The molecule has 3 fully saturated rings. The summed E-state index contributed by atoms with van der Waals surface area (Å²) in [5, 5.41) is 13.5.